The number of benzene rings is 1. The van der Waals surface area contributed by atoms with Gasteiger partial charge in [0.2, 0.25) is 0 Å². The first kappa shape index (κ1) is 16.2. The van der Waals surface area contributed by atoms with E-state index < -0.39 is 0 Å². The van der Waals surface area contributed by atoms with Gasteiger partial charge in [0.1, 0.15) is 0 Å². The van der Waals surface area contributed by atoms with Gasteiger partial charge in [-0.3, -0.25) is 4.90 Å². The van der Waals surface area contributed by atoms with Crippen LogP contribution in [0.1, 0.15) is 43.4 Å². The quantitative estimate of drug-likeness (QED) is 0.709. The number of likely N-dealkylation sites (N-methyl/N-ethyl adjacent to an activating group) is 1. The van der Waals surface area contributed by atoms with Gasteiger partial charge in [-0.25, -0.2) is 0 Å². The molecule has 0 spiro atoms. The Morgan fingerprint density at radius 2 is 1.79 bits per heavy atom. The number of nitrogens with two attached hydrogens (primary N) is 1. The summed E-state index contributed by atoms with van der Waals surface area (Å²) in [6.45, 7) is 5.47. The molecule has 0 saturated heterocycles. The van der Waals surface area contributed by atoms with E-state index in [4.69, 9.17) is 10.8 Å². The molecule has 3 heteroatoms. The number of unbranched alkanes of at least 4 members (excludes halogenated alkanes) is 2. The summed E-state index contributed by atoms with van der Waals surface area (Å²) in [5.74, 6) is 0. The standard InChI is InChI=1S/C16H28N2O/c1-13-7-9-15(10-8-13)16(14(2)17)18(3)11-5-4-6-12-19/h7-10,14,16,19H,4-6,11-12,17H2,1-3H3. The first-order valence-electron chi connectivity index (χ1n) is 7.19. The second-order valence-corrected chi connectivity index (χ2v) is 5.48. The minimum absolute atomic E-state index is 0.102. The number of rotatable bonds is 8. The van der Waals surface area contributed by atoms with Crippen molar-refractivity contribution in [3.63, 3.8) is 0 Å². The van der Waals surface area contributed by atoms with Gasteiger partial charge in [0.25, 0.3) is 0 Å². The molecule has 2 unspecified atom stereocenters. The van der Waals surface area contributed by atoms with Crippen molar-refractivity contribution < 1.29 is 5.11 Å². The third kappa shape index (κ3) is 5.31. The van der Waals surface area contributed by atoms with Crippen molar-refractivity contribution in [3.05, 3.63) is 35.4 Å². The van der Waals surface area contributed by atoms with Crippen molar-refractivity contribution in [2.24, 2.45) is 5.73 Å². The van der Waals surface area contributed by atoms with Crippen LogP contribution in [0.25, 0.3) is 0 Å². The highest BCUT2D eigenvalue weighted by atomic mass is 16.2. The summed E-state index contributed by atoms with van der Waals surface area (Å²) < 4.78 is 0. The molecule has 0 radical (unpaired) electrons. The van der Waals surface area contributed by atoms with Gasteiger partial charge in [0.15, 0.2) is 0 Å². The van der Waals surface area contributed by atoms with Gasteiger partial charge in [0.05, 0.1) is 0 Å². The van der Waals surface area contributed by atoms with Crippen molar-refractivity contribution in [1.82, 2.24) is 4.90 Å². The van der Waals surface area contributed by atoms with Crippen LogP contribution in [-0.4, -0.2) is 36.2 Å². The predicted molar refractivity (Wildman–Crippen MR) is 81.1 cm³/mol. The van der Waals surface area contributed by atoms with E-state index in [1.807, 2.05) is 0 Å². The summed E-state index contributed by atoms with van der Waals surface area (Å²) in [5, 5.41) is 8.80. The zero-order valence-electron chi connectivity index (χ0n) is 12.5. The Morgan fingerprint density at radius 1 is 1.16 bits per heavy atom. The third-order valence-electron chi connectivity index (χ3n) is 3.56. The summed E-state index contributed by atoms with van der Waals surface area (Å²) in [6.07, 6.45) is 3.06. The molecule has 2 atom stereocenters. The number of nitrogens with zero attached hydrogens (tertiary/aromatic N) is 1. The van der Waals surface area contributed by atoms with Crippen molar-refractivity contribution in [3.8, 4) is 0 Å². The van der Waals surface area contributed by atoms with Crippen LogP contribution in [0.2, 0.25) is 0 Å². The van der Waals surface area contributed by atoms with Gasteiger partial charge in [0, 0.05) is 18.7 Å². The molecule has 0 aromatic heterocycles. The highest BCUT2D eigenvalue weighted by Crippen LogP contribution is 2.23. The molecule has 0 bridgehead atoms. The Bertz CT molecular complexity index is 348. The third-order valence-corrected chi connectivity index (χ3v) is 3.56. The molecule has 0 aliphatic carbocycles. The fourth-order valence-corrected chi connectivity index (χ4v) is 2.51. The van der Waals surface area contributed by atoms with E-state index in [2.05, 4.69) is 50.1 Å². The maximum Gasteiger partial charge on any atom is 0.0493 e. The molecule has 0 amide bonds. The number of hydrogen-bond acceptors (Lipinski definition) is 3. The monoisotopic (exact) mass is 264 g/mol. The van der Waals surface area contributed by atoms with Gasteiger partial charge < -0.3 is 10.8 Å². The lowest BCUT2D eigenvalue weighted by Crippen LogP contribution is -2.37. The molecular weight excluding hydrogens is 236 g/mol. The average molecular weight is 264 g/mol. The van der Waals surface area contributed by atoms with Crippen LogP contribution in [0, 0.1) is 6.92 Å². The van der Waals surface area contributed by atoms with Crippen LogP contribution >= 0.6 is 0 Å². The van der Waals surface area contributed by atoms with Gasteiger partial charge in [-0.1, -0.05) is 29.8 Å². The van der Waals surface area contributed by atoms with Crippen LogP contribution in [0.4, 0.5) is 0 Å². The van der Waals surface area contributed by atoms with Gasteiger partial charge in [-0.2, -0.15) is 0 Å². The first-order valence-corrected chi connectivity index (χ1v) is 7.19. The van der Waals surface area contributed by atoms with E-state index in [0.29, 0.717) is 6.61 Å². The van der Waals surface area contributed by atoms with E-state index in [9.17, 15) is 0 Å². The maximum atomic E-state index is 8.80. The summed E-state index contributed by atoms with van der Waals surface area (Å²) in [7, 11) is 2.13. The Balaban J connectivity index is 2.63. The summed E-state index contributed by atoms with van der Waals surface area (Å²) in [5.41, 5.74) is 8.71. The molecule has 19 heavy (non-hydrogen) atoms. The normalized spacial score (nSPS) is 14.6. The molecule has 0 fully saturated rings. The SMILES string of the molecule is Cc1ccc(C(C(C)N)N(C)CCCCCO)cc1. The Morgan fingerprint density at radius 3 is 2.32 bits per heavy atom. The topological polar surface area (TPSA) is 49.5 Å². The van der Waals surface area contributed by atoms with Crippen LogP contribution in [0.15, 0.2) is 24.3 Å². The van der Waals surface area contributed by atoms with Crippen LogP contribution in [0.5, 0.6) is 0 Å². The maximum absolute atomic E-state index is 8.80. The minimum Gasteiger partial charge on any atom is -0.396 e. The Kier molecular flexibility index (Phi) is 7.06. The summed E-state index contributed by atoms with van der Waals surface area (Å²) in [4.78, 5) is 2.33. The van der Waals surface area contributed by atoms with Crippen molar-refractivity contribution >= 4 is 0 Å². The molecule has 3 N–H and O–H groups in total. The predicted octanol–water partition coefficient (Wildman–Crippen LogP) is 2.48. The minimum atomic E-state index is 0.102. The molecule has 0 saturated carbocycles. The van der Waals surface area contributed by atoms with E-state index in [1.54, 1.807) is 0 Å². The van der Waals surface area contributed by atoms with Crippen LogP contribution in [-0.2, 0) is 0 Å². The number of aliphatic hydroxyl groups excluding tert-OH is 1. The molecule has 1 aromatic carbocycles. The van der Waals surface area contributed by atoms with Crippen LogP contribution < -0.4 is 5.73 Å². The molecule has 1 aromatic rings. The van der Waals surface area contributed by atoms with Gasteiger partial charge in [-0.15, -0.1) is 0 Å². The van der Waals surface area contributed by atoms with E-state index in [0.717, 1.165) is 25.8 Å². The largest absolute Gasteiger partial charge is 0.396 e. The zero-order chi connectivity index (χ0) is 14.3. The van der Waals surface area contributed by atoms with Crippen molar-refractivity contribution in [2.75, 3.05) is 20.2 Å². The Labute approximate surface area is 117 Å². The van der Waals surface area contributed by atoms with Crippen LogP contribution in [0.3, 0.4) is 0 Å². The summed E-state index contributed by atoms with van der Waals surface area (Å²) in [6, 6.07) is 9.00. The fourth-order valence-electron chi connectivity index (χ4n) is 2.51. The molecular formula is C16H28N2O. The second kappa shape index (κ2) is 8.31. The first-order chi connectivity index (χ1) is 9.06. The highest BCUT2D eigenvalue weighted by molar-refractivity contribution is 5.25. The average Bonchev–Trinajstić information content (AvgIpc) is 2.37. The lowest BCUT2D eigenvalue weighted by atomic mass is 9.98. The molecule has 0 aliphatic heterocycles. The fraction of sp³-hybridized carbons (Fsp3) is 0.625. The molecule has 3 nitrogen and oxygen atoms in total. The molecule has 108 valence electrons. The number of aliphatic hydroxyl groups is 1. The number of aryl methyl sites for hydroxylation is 1. The molecule has 0 heterocycles. The van der Waals surface area contributed by atoms with E-state index in [-0.39, 0.29) is 12.1 Å². The summed E-state index contributed by atoms with van der Waals surface area (Å²) >= 11 is 0. The van der Waals surface area contributed by atoms with Gasteiger partial charge in [-0.05, 0) is 52.3 Å². The van der Waals surface area contributed by atoms with Crippen molar-refractivity contribution in [2.45, 2.75) is 45.2 Å². The van der Waals surface area contributed by atoms with E-state index >= 15 is 0 Å². The lowest BCUT2D eigenvalue weighted by Gasteiger charge is -2.31. The lowest BCUT2D eigenvalue weighted by molar-refractivity contribution is 0.210. The van der Waals surface area contributed by atoms with E-state index in [1.165, 1.54) is 11.1 Å². The molecule has 0 aliphatic rings. The second-order valence-electron chi connectivity index (χ2n) is 5.48. The Hall–Kier alpha value is -0.900. The zero-order valence-corrected chi connectivity index (χ0v) is 12.5. The van der Waals surface area contributed by atoms with Gasteiger partial charge >= 0.3 is 0 Å². The smallest absolute Gasteiger partial charge is 0.0493 e. The highest BCUT2D eigenvalue weighted by Gasteiger charge is 2.20. The van der Waals surface area contributed by atoms with Crippen molar-refractivity contribution in [1.29, 1.82) is 0 Å². The molecule has 1 rings (SSSR count). The number of hydrogen-bond donors (Lipinski definition) is 2.